The molecule has 148 valence electrons. The standard InChI is InChI=1S/C19H22N4O5/c1-12(2)10-20-19(27)21-16(25)11-28-18(26)17-15(24)9-13(3)23(22-17)14-7-5-4-6-8-14/h4-9,12H,10-11H2,1-3H3,(H2,20,21,25,27). The van der Waals surface area contributed by atoms with E-state index in [1.54, 1.807) is 31.2 Å². The number of urea groups is 1. The number of rotatable bonds is 6. The van der Waals surface area contributed by atoms with Crippen molar-refractivity contribution in [2.45, 2.75) is 20.8 Å². The number of imide groups is 1. The summed E-state index contributed by atoms with van der Waals surface area (Å²) in [6.07, 6.45) is 0. The number of esters is 1. The van der Waals surface area contributed by atoms with Crippen LogP contribution in [0.25, 0.3) is 5.69 Å². The number of carbonyl (C=O) groups is 3. The molecule has 3 amide bonds. The summed E-state index contributed by atoms with van der Waals surface area (Å²) in [5, 5.41) is 8.58. The number of carbonyl (C=O) groups excluding carboxylic acids is 3. The summed E-state index contributed by atoms with van der Waals surface area (Å²) >= 11 is 0. The first-order chi connectivity index (χ1) is 13.3. The van der Waals surface area contributed by atoms with Crippen molar-refractivity contribution < 1.29 is 19.1 Å². The molecule has 0 atom stereocenters. The quantitative estimate of drug-likeness (QED) is 0.720. The Bertz CT molecular complexity index is 922. The van der Waals surface area contributed by atoms with Gasteiger partial charge in [-0.3, -0.25) is 14.9 Å². The van der Waals surface area contributed by atoms with Crippen molar-refractivity contribution in [2.24, 2.45) is 5.92 Å². The van der Waals surface area contributed by atoms with Gasteiger partial charge >= 0.3 is 12.0 Å². The molecule has 0 saturated carbocycles. The Morgan fingerprint density at radius 2 is 1.86 bits per heavy atom. The molecule has 0 aliphatic heterocycles. The molecule has 0 fully saturated rings. The predicted molar refractivity (Wildman–Crippen MR) is 101 cm³/mol. The molecule has 0 unspecified atom stereocenters. The van der Waals surface area contributed by atoms with Gasteiger partial charge in [0.1, 0.15) is 0 Å². The van der Waals surface area contributed by atoms with Crippen LogP contribution >= 0.6 is 0 Å². The third-order valence-corrected chi connectivity index (χ3v) is 3.56. The summed E-state index contributed by atoms with van der Waals surface area (Å²) < 4.78 is 6.25. The maximum Gasteiger partial charge on any atom is 0.363 e. The zero-order valence-corrected chi connectivity index (χ0v) is 15.9. The van der Waals surface area contributed by atoms with Crippen LogP contribution in [0.3, 0.4) is 0 Å². The van der Waals surface area contributed by atoms with E-state index in [0.29, 0.717) is 17.9 Å². The zero-order valence-electron chi connectivity index (χ0n) is 15.9. The molecule has 1 heterocycles. The minimum Gasteiger partial charge on any atom is -0.451 e. The molecule has 9 nitrogen and oxygen atoms in total. The summed E-state index contributed by atoms with van der Waals surface area (Å²) in [6.45, 7) is 5.17. The van der Waals surface area contributed by atoms with E-state index in [0.717, 1.165) is 0 Å². The van der Waals surface area contributed by atoms with Gasteiger partial charge in [0.05, 0.1) is 5.69 Å². The lowest BCUT2D eigenvalue weighted by atomic mass is 10.2. The van der Waals surface area contributed by atoms with E-state index >= 15 is 0 Å². The average molecular weight is 386 g/mol. The fourth-order valence-corrected chi connectivity index (χ4v) is 2.22. The van der Waals surface area contributed by atoms with Crippen molar-refractivity contribution in [2.75, 3.05) is 13.2 Å². The van der Waals surface area contributed by atoms with E-state index < -0.39 is 35.6 Å². The number of hydrogen-bond acceptors (Lipinski definition) is 6. The third kappa shape index (κ3) is 5.76. The van der Waals surface area contributed by atoms with Gasteiger partial charge in [-0.25, -0.2) is 14.3 Å². The molecular weight excluding hydrogens is 364 g/mol. The Kier molecular flexibility index (Phi) is 7.02. The van der Waals surface area contributed by atoms with E-state index in [1.807, 2.05) is 25.2 Å². The summed E-state index contributed by atoms with van der Waals surface area (Å²) in [5.41, 5.74) is 0.122. The van der Waals surface area contributed by atoms with E-state index in [9.17, 15) is 19.2 Å². The second-order valence-electron chi connectivity index (χ2n) is 6.47. The van der Waals surface area contributed by atoms with E-state index in [2.05, 4.69) is 10.4 Å². The Hall–Kier alpha value is -3.49. The molecule has 0 saturated heterocycles. The first-order valence-electron chi connectivity index (χ1n) is 8.69. The van der Waals surface area contributed by atoms with Crippen LogP contribution in [0, 0.1) is 12.8 Å². The molecular formula is C19H22N4O5. The second-order valence-corrected chi connectivity index (χ2v) is 6.47. The van der Waals surface area contributed by atoms with Crippen LogP contribution < -0.4 is 16.1 Å². The summed E-state index contributed by atoms with van der Waals surface area (Å²) in [4.78, 5) is 47.5. The van der Waals surface area contributed by atoms with E-state index in [4.69, 9.17) is 4.74 Å². The van der Waals surface area contributed by atoms with Gasteiger partial charge in [0.2, 0.25) is 11.1 Å². The molecule has 1 aromatic heterocycles. The maximum absolute atomic E-state index is 12.2. The SMILES string of the molecule is Cc1cc(=O)c(C(=O)OCC(=O)NC(=O)NCC(C)C)nn1-c1ccccc1. The molecule has 9 heteroatoms. The number of ether oxygens (including phenoxy) is 1. The molecule has 2 rings (SSSR count). The van der Waals surface area contributed by atoms with Crippen LogP contribution in [0.4, 0.5) is 4.79 Å². The van der Waals surface area contributed by atoms with Crippen LogP contribution in [-0.4, -0.2) is 40.8 Å². The van der Waals surface area contributed by atoms with Crippen LogP contribution in [0.15, 0.2) is 41.2 Å². The highest BCUT2D eigenvalue weighted by atomic mass is 16.5. The minimum atomic E-state index is -1.05. The van der Waals surface area contributed by atoms with Gasteiger partial charge in [0, 0.05) is 18.3 Å². The predicted octanol–water partition coefficient (Wildman–Crippen LogP) is 1.18. The van der Waals surface area contributed by atoms with Crippen molar-refractivity contribution in [3.63, 3.8) is 0 Å². The largest absolute Gasteiger partial charge is 0.451 e. The number of hydrogen-bond donors (Lipinski definition) is 2. The van der Waals surface area contributed by atoms with Gasteiger partial charge in [0.15, 0.2) is 6.61 Å². The van der Waals surface area contributed by atoms with E-state index in [-0.39, 0.29) is 5.92 Å². The molecule has 0 radical (unpaired) electrons. The lowest BCUT2D eigenvalue weighted by Gasteiger charge is -2.11. The first-order valence-corrected chi connectivity index (χ1v) is 8.69. The highest BCUT2D eigenvalue weighted by Gasteiger charge is 2.18. The molecule has 2 N–H and O–H groups in total. The molecule has 1 aromatic carbocycles. The van der Waals surface area contributed by atoms with Crippen molar-refractivity contribution in [1.82, 2.24) is 20.4 Å². The second kappa shape index (κ2) is 9.45. The Labute approximate surface area is 161 Å². The van der Waals surface area contributed by atoms with Gasteiger partial charge < -0.3 is 10.1 Å². The lowest BCUT2D eigenvalue weighted by Crippen LogP contribution is -2.42. The van der Waals surface area contributed by atoms with Crippen molar-refractivity contribution in [1.29, 1.82) is 0 Å². The van der Waals surface area contributed by atoms with Crippen molar-refractivity contribution in [3.05, 3.63) is 58.0 Å². The van der Waals surface area contributed by atoms with Crippen molar-refractivity contribution in [3.8, 4) is 5.69 Å². The highest BCUT2D eigenvalue weighted by molar-refractivity contribution is 5.96. The first kappa shape index (κ1) is 20.8. The fourth-order valence-electron chi connectivity index (χ4n) is 2.22. The van der Waals surface area contributed by atoms with E-state index in [1.165, 1.54) is 10.7 Å². The number of nitrogens with one attached hydrogen (secondary N) is 2. The number of benzene rings is 1. The topological polar surface area (TPSA) is 119 Å². The minimum absolute atomic E-state index is 0.220. The summed E-state index contributed by atoms with van der Waals surface area (Å²) in [5.74, 6) is -1.64. The molecule has 28 heavy (non-hydrogen) atoms. The third-order valence-electron chi connectivity index (χ3n) is 3.56. The lowest BCUT2D eigenvalue weighted by molar-refractivity contribution is -0.123. The molecule has 2 aromatic rings. The molecule has 0 spiro atoms. The fraction of sp³-hybridized carbons (Fsp3) is 0.316. The van der Waals surface area contributed by atoms with Gasteiger partial charge in [0.25, 0.3) is 5.91 Å². The number of nitrogens with zero attached hydrogens (tertiary/aromatic N) is 2. The van der Waals surface area contributed by atoms with Gasteiger partial charge in [-0.05, 0) is 25.0 Å². The number of aryl methyl sites for hydroxylation is 1. The highest BCUT2D eigenvalue weighted by Crippen LogP contribution is 2.08. The smallest absolute Gasteiger partial charge is 0.363 e. The van der Waals surface area contributed by atoms with Crippen molar-refractivity contribution >= 4 is 17.9 Å². The van der Waals surface area contributed by atoms with Crippen LogP contribution in [0.1, 0.15) is 30.0 Å². The average Bonchev–Trinajstić information content (AvgIpc) is 2.65. The molecule has 0 bridgehead atoms. The number of aromatic nitrogens is 2. The van der Waals surface area contributed by atoms with Crippen LogP contribution in [-0.2, 0) is 9.53 Å². The zero-order chi connectivity index (χ0) is 20.7. The maximum atomic E-state index is 12.2. The van der Waals surface area contributed by atoms with Gasteiger partial charge in [-0.1, -0.05) is 32.0 Å². The Morgan fingerprint density at radius 3 is 2.50 bits per heavy atom. The number of para-hydroxylation sites is 1. The Morgan fingerprint density at radius 1 is 1.18 bits per heavy atom. The monoisotopic (exact) mass is 386 g/mol. The van der Waals surface area contributed by atoms with Crippen LogP contribution in [0.2, 0.25) is 0 Å². The number of amides is 3. The van der Waals surface area contributed by atoms with Gasteiger partial charge in [-0.2, -0.15) is 5.10 Å². The molecule has 0 aliphatic carbocycles. The van der Waals surface area contributed by atoms with Gasteiger partial charge in [-0.15, -0.1) is 0 Å². The Balaban J connectivity index is 2.03. The normalized spacial score (nSPS) is 10.4. The molecule has 0 aliphatic rings. The summed E-state index contributed by atoms with van der Waals surface area (Å²) in [6, 6.07) is 9.52. The van der Waals surface area contributed by atoms with Crippen LogP contribution in [0.5, 0.6) is 0 Å². The summed E-state index contributed by atoms with van der Waals surface area (Å²) in [7, 11) is 0.